The summed E-state index contributed by atoms with van der Waals surface area (Å²) in [6.45, 7) is 5.58. The highest BCUT2D eigenvalue weighted by Gasteiger charge is 2.16. The van der Waals surface area contributed by atoms with Crippen LogP contribution in [0.15, 0.2) is 30.3 Å². The summed E-state index contributed by atoms with van der Waals surface area (Å²) < 4.78 is 1.76. The summed E-state index contributed by atoms with van der Waals surface area (Å²) >= 11 is 0. The van der Waals surface area contributed by atoms with Crippen LogP contribution in [0.25, 0.3) is 16.7 Å². The number of aromatic carboxylic acids is 1. The van der Waals surface area contributed by atoms with E-state index in [1.54, 1.807) is 17.7 Å². The molecule has 0 atom stereocenters. The summed E-state index contributed by atoms with van der Waals surface area (Å²) in [5, 5.41) is 14.5. The number of rotatable bonds is 2. The lowest BCUT2D eigenvalue weighted by molar-refractivity contribution is 0.0696. The SMILES string of the molecule is Cc1cccc(-n2nc(C)c3cc(C(=O)O)c(C)nc32)c1. The number of carboxylic acid groups (broad SMARTS) is 1. The molecule has 1 aromatic carbocycles. The molecule has 0 fully saturated rings. The number of aryl methyl sites for hydroxylation is 3. The molecule has 21 heavy (non-hydrogen) atoms. The highest BCUT2D eigenvalue weighted by atomic mass is 16.4. The maximum Gasteiger partial charge on any atom is 0.337 e. The molecule has 0 bridgehead atoms. The van der Waals surface area contributed by atoms with Gasteiger partial charge in [-0.1, -0.05) is 12.1 Å². The highest BCUT2D eigenvalue weighted by molar-refractivity contribution is 5.94. The largest absolute Gasteiger partial charge is 0.478 e. The van der Waals surface area contributed by atoms with E-state index in [1.165, 1.54) is 0 Å². The molecule has 3 rings (SSSR count). The topological polar surface area (TPSA) is 68.0 Å². The number of carboxylic acids is 1. The Hall–Kier alpha value is -2.69. The Labute approximate surface area is 121 Å². The first-order valence-corrected chi connectivity index (χ1v) is 6.64. The zero-order valence-electron chi connectivity index (χ0n) is 12.1. The van der Waals surface area contributed by atoms with Crippen LogP contribution in [0.5, 0.6) is 0 Å². The molecular formula is C16H15N3O2. The molecule has 0 spiro atoms. The van der Waals surface area contributed by atoms with E-state index in [0.717, 1.165) is 22.3 Å². The Balaban J connectivity index is 2.31. The van der Waals surface area contributed by atoms with Gasteiger partial charge in [0.1, 0.15) is 0 Å². The van der Waals surface area contributed by atoms with Gasteiger partial charge in [0.2, 0.25) is 0 Å². The number of hydrogen-bond acceptors (Lipinski definition) is 3. The second kappa shape index (κ2) is 4.70. The van der Waals surface area contributed by atoms with Crippen LogP contribution in [0.4, 0.5) is 0 Å². The van der Waals surface area contributed by atoms with E-state index >= 15 is 0 Å². The molecule has 0 aliphatic heterocycles. The first-order chi connectivity index (χ1) is 9.97. The third-order valence-corrected chi connectivity index (χ3v) is 3.51. The van der Waals surface area contributed by atoms with E-state index in [0.29, 0.717) is 11.3 Å². The molecule has 0 amide bonds. The van der Waals surface area contributed by atoms with E-state index in [2.05, 4.69) is 10.1 Å². The summed E-state index contributed by atoms with van der Waals surface area (Å²) in [5.41, 5.74) is 4.20. The van der Waals surface area contributed by atoms with Gasteiger partial charge in [0.25, 0.3) is 0 Å². The van der Waals surface area contributed by atoms with E-state index in [1.807, 2.05) is 38.1 Å². The van der Waals surface area contributed by atoms with Crippen molar-refractivity contribution >= 4 is 17.0 Å². The smallest absolute Gasteiger partial charge is 0.337 e. The number of fused-ring (bicyclic) bond motifs is 1. The predicted octanol–water partition coefficient (Wildman–Crippen LogP) is 3.04. The molecule has 0 saturated carbocycles. The second-order valence-corrected chi connectivity index (χ2v) is 5.13. The van der Waals surface area contributed by atoms with Gasteiger partial charge in [-0.3, -0.25) is 0 Å². The molecule has 5 nitrogen and oxygen atoms in total. The van der Waals surface area contributed by atoms with Gasteiger partial charge in [-0.15, -0.1) is 0 Å². The van der Waals surface area contributed by atoms with Crippen LogP contribution >= 0.6 is 0 Å². The summed E-state index contributed by atoms with van der Waals surface area (Å²) in [6.07, 6.45) is 0. The van der Waals surface area contributed by atoms with Crippen molar-refractivity contribution in [1.82, 2.24) is 14.8 Å². The van der Waals surface area contributed by atoms with E-state index in [9.17, 15) is 9.90 Å². The molecule has 0 aliphatic carbocycles. The zero-order chi connectivity index (χ0) is 15.1. The number of pyridine rings is 1. The maximum atomic E-state index is 11.2. The Morgan fingerprint density at radius 3 is 2.57 bits per heavy atom. The first-order valence-electron chi connectivity index (χ1n) is 6.64. The van der Waals surface area contributed by atoms with Crippen LogP contribution < -0.4 is 0 Å². The van der Waals surface area contributed by atoms with Crippen LogP contribution in [0.2, 0.25) is 0 Å². The molecule has 2 aromatic heterocycles. The monoisotopic (exact) mass is 281 g/mol. The second-order valence-electron chi connectivity index (χ2n) is 5.13. The first kappa shape index (κ1) is 13.3. The zero-order valence-corrected chi connectivity index (χ0v) is 12.1. The lowest BCUT2D eigenvalue weighted by Crippen LogP contribution is -2.04. The minimum Gasteiger partial charge on any atom is -0.478 e. The lowest BCUT2D eigenvalue weighted by atomic mass is 10.1. The quantitative estimate of drug-likeness (QED) is 0.784. The fraction of sp³-hybridized carbons (Fsp3) is 0.188. The van der Waals surface area contributed by atoms with Crippen molar-refractivity contribution in [3.8, 4) is 5.69 Å². The predicted molar refractivity (Wildman–Crippen MR) is 80.0 cm³/mol. The average Bonchev–Trinajstić information content (AvgIpc) is 2.74. The molecule has 0 unspecified atom stereocenters. The van der Waals surface area contributed by atoms with Crippen molar-refractivity contribution in [2.45, 2.75) is 20.8 Å². The van der Waals surface area contributed by atoms with Gasteiger partial charge in [-0.25, -0.2) is 14.5 Å². The van der Waals surface area contributed by atoms with Crippen molar-refractivity contribution in [2.24, 2.45) is 0 Å². The summed E-state index contributed by atoms with van der Waals surface area (Å²) in [7, 11) is 0. The minimum absolute atomic E-state index is 0.217. The number of carbonyl (C=O) groups is 1. The Bertz CT molecular complexity index is 865. The minimum atomic E-state index is -0.968. The van der Waals surface area contributed by atoms with Crippen LogP contribution in [0.3, 0.4) is 0 Å². The van der Waals surface area contributed by atoms with Gasteiger partial charge in [-0.2, -0.15) is 5.10 Å². The summed E-state index contributed by atoms with van der Waals surface area (Å²) in [4.78, 5) is 15.7. The third-order valence-electron chi connectivity index (χ3n) is 3.51. The average molecular weight is 281 g/mol. The number of nitrogens with zero attached hydrogens (tertiary/aromatic N) is 3. The molecule has 3 aromatic rings. The van der Waals surface area contributed by atoms with Gasteiger partial charge in [0.15, 0.2) is 5.65 Å². The Kier molecular flexibility index (Phi) is 2.97. The summed E-state index contributed by atoms with van der Waals surface area (Å²) in [6, 6.07) is 9.61. The van der Waals surface area contributed by atoms with Crippen LogP contribution in [0, 0.1) is 20.8 Å². The molecule has 0 saturated heterocycles. The van der Waals surface area contributed by atoms with Crippen molar-refractivity contribution in [2.75, 3.05) is 0 Å². The van der Waals surface area contributed by atoms with Crippen molar-refractivity contribution < 1.29 is 9.90 Å². The van der Waals surface area contributed by atoms with Crippen LogP contribution in [-0.4, -0.2) is 25.8 Å². The number of hydrogen-bond donors (Lipinski definition) is 1. The normalized spacial score (nSPS) is 11.0. The summed E-state index contributed by atoms with van der Waals surface area (Å²) in [5.74, 6) is -0.968. The fourth-order valence-corrected chi connectivity index (χ4v) is 2.43. The fourth-order valence-electron chi connectivity index (χ4n) is 2.43. The molecule has 2 heterocycles. The van der Waals surface area contributed by atoms with Crippen LogP contribution in [0.1, 0.15) is 27.3 Å². The highest BCUT2D eigenvalue weighted by Crippen LogP contribution is 2.23. The van der Waals surface area contributed by atoms with Gasteiger partial charge in [0, 0.05) is 5.39 Å². The number of benzene rings is 1. The van der Waals surface area contributed by atoms with Gasteiger partial charge < -0.3 is 5.11 Å². The van der Waals surface area contributed by atoms with Crippen molar-refractivity contribution in [3.63, 3.8) is 0 Å². The van der Waals surface area contributed by atoms with Crippen LogP contribution in [-0.2, 0) is 0 Å². The van der Waals surface area contributed by atoms with Crippen molar-refractivity contribution in [3.05, 3.63) is 52.8 Å². The third kappa shape index (κ3) is 2.16. The molecule has 1 N–H and O–H groups in total. The molecule has 0 radical (unpaired) electrons. The Morgan fingerprint density at radius 2 is 1.90 bits per heavy atom. The lowest BCUT2D eigenvalue weighted by Gasteiger charge is -2.05. The molecular weight excluding hydrogens is 266 g/mol. The number of aromatic nitrogens is 3. The Morgan fingerprint density at radius 1 is 1.14 bits per heavy atom. The van der Waals surface area contributed by atoms with Crippen molar-refractivity contribution in [1.29, 1.82) is 0 Å². The van der Waals surface area contributed by atoms with E-state index in [4.69, 9.17) is 0 Å². The molecule has 0 aliphatic rings. The van der Waals surface area contributed by atoms with E-state index < -0.39 is 5.97 Å². The standard InChI is InChI=1S/C16H15N3O2/c1-9-5-4-6-12(7-9)19-15-13(11(3)18-19)8-14(16(20)21)10(2)17-15/h4-8H,1-3H3,(H,20,21). The van der Waals surface area contributed by atoms with Gasteiger partial charge in [-0.05, 0) is 44.5 Å². The van der Waals surface area contributed by atoms with E-state index in [-0.39, 0.29) is 5.56 Å². The molecule has 106 valence electrons. The maximum absolute atomic E-state index is 11.2. The molecule has 5 heteroatoms. The van der Waals surface area contributed by atoms with Gasteiger partial charge in [0.05, 0.1) is 22.6 Å². The van der Waals surface area contributed by atoms with Gasteiger partial charge >= 0.3 is 5.97 Å².